The largest absolute Gasteiger partial charge is 0.508 e. The van der Waals surface area contributed by atoms with Gasteiger partial charge in [0.15, 0.2) is 0 Å². The first-order chi connectivity index (χ1) is 17.5. The Hall–Kier alpha value is -2.37. The van der Waals surface area contributed by atoms with Gasteiger partial charge in [-0.3, -0.25) is 4.79 Å². The summed E-state index contributed by atoms with van der Waals surface area (Å²) in [5.41, 5.74) is 2.25. The van der Waals surface area contributed by atoms with Crippen molar-refractivity contribution in [2.45, 2.75) is 81.8 Å². The summed E-state index contributed by atoms with van der Waals surface area (Å²) in [5.74, 6) is 1.33. The van der Waals surface area contributed by atoms with Crippen molar-refractivity contribution in [2.24, 2.45) is 11.8 Å². The number of phenols is 1. The van der Waals surface area contributed by atoms with E-state index in [0.717, 1.165) is 69.6 Å². The van der Waals surface area contributed by atoms with E-state index in [1.807, 2.05) is 18.2 Å². The molecule has 1 amide bonds. The number of unbranched alkanes of at least 4 members (excludes halogenated alkanes) is 2. The van der Waals surface area contributed by atoms with E-state index in [-0.39, 0.29) is 29.0 Å². The maximum atomic E-state index is 12.8. The lowest BCUT2D eigenvalue weighted by molar-refractivity contribution is -0.123. The van der Waals surface area contributed by atoms with Gasteiger partial charge in [0.2, 0.25) is 5.91 Å². The molecule has 0 radical (unpaired) electrons. The third-order valence-electron chi connectivity index (χ3n) is 8.85. The summed E-state index contributed by atoms with van der Waals surface area (Å²) in [6.45, 7) is 3.05. The maximum Gasteiger partial charge on any atom is 0.220 e. The average molecular weight is 491 g/mol. The minimum Gasteiger partial charge on any atom is -0.508 e. The van der Waals surface area contributed by atoms with Crippen molar-refractivity contribution < 1.29 is 15.0 Å². The molecule has 0 aromatic heterocycles. The predicted molar refractivity (Wildman–Crippen MR) is 143 cm³/mol. The van der Waals surface area contributed by atoms with Crippen molar-refractivity contribution >= 4 is 5.91 Å². The Balaban J connectivity index is 1.19. The lowest BCUT2D eigenvalue weighted by Crippen LogP contribution is -2.61. The Kier molecular flexibility index (Phi) is 7.97. The molecule has 2 aliphatic carbocycles. The molecule has 1 saturated heterocycles. The number of nitrogens with zero attached hydrogens (tertiary/aromatic N) is 1. The second-order valence-corrected chi connectivity index (χ2v) is 11.6. The topological polar surface area (TPSA) is 72.8 Å². The summed E-state index contributed by atoms with van der Waals surface area (Å²) in [4.78, 5) is 15.4. The number of aliphatic hydroxyl groups excluding tert-OH is 1. The molecule has 4 unspecified atom stereocenters. The van der Waals surface area contributed by atoms with Gasteiger partial charge in [0.05, 0.1) is 6.10 Å². The van der Waals surface area contributed by atoms with E-state index >= 15 is 0 Å². The Morgan fingerprint density at radius 3 is 2.67 bits per heavy atom. The molecule has 5 heteroatoms. The number of phenolic OH excluding ortho intramolecular Hbond substituents is 1. The monoisotopic (exact) mass is 490 g/mol. The van der Waals surface area contributed by atoms with Crippen LogP contribution in [0.5, 0.6) is 5.75 Å². The lowest BCUT2D eigenvalue weighted by Gasteiger charge is -2.55. The highest BCUT2D eigenvalue weighted by Gasteiger charge is 2.52. The first kappa shape index (κ1) is 25.3. The Bertz CT molecular complexity index is 1010. The second kappa shape index (κ2) is 11.4. The molecule has 1 aliphatic heterocycles. The molecule has 2 aromatic carbocycles. The van der Waals surface area contributed by atoms with E-state index in [0.29, 0.717) is 12.8 Å². The van der Waals surface area contributed by atoms with E-state index in [4.69, 9.17) is 0 Å². The van der Waals surface area contributed by atoms with Gasteiger partial charge in [-0.25, -0.2) is 0 Å². The van der Waals surface area contributed by atoms with Gasteiger partial charge in [0.1, 0.15) is 5.75 Å². The number of carbonyl (C=O) groups excluding carboxylic acids is 1. The van der Waals surface area contributed by atoms with E-state index in [1.165, 1.54) is 18.4 Å². The zero-order valence-electron chi connectivity index (χ0n) is 21.4. The fourth-order valence-electron chi connectivity index (χ4n) is 6.78. The molecule has 4 atom stereocenters. The number of aryl methyl sites for hydroxylation is 1. The molecule has 2 saturated carbocycles. The van der Waals surface area contributed by atoms with Gasteiger partial charge in [0, 0.05) is 36.9 Å². The van der Waals surface area contributed by atoms with E-state index in [2.05, 4.69) is 40.5 Å². The van der Waals surface area contributed by atoms with Gasteiger partial charge < -0.3 is 20.4 Å². The van der Waals surface area contributed by atoms with Crippen LogP contribution in [0.2, 0.25) is 0 Å². The van der Waals surface area contributed by atoms with E-state index < -0.39 is 6.10 Å². The van der Waals surface area contributed by atoms with Crippen LogP contribution in [0.15, 0.2) is 54.6 Å². The molecule has 3 aliphatic rings. The number of likely N-dealkylation sites (tertiary alicyclic amines) is 1. The minimum atomic E-state index is -0.459. The van der Waals surface area contributed by atoms with Gasteiger partial charge in [-0.05, 0) is 87.1 Å². The van der Waals surface area contributed by atoms with Crippen LogP contribution in [0.4, 0.5) is 0 Å². The summed E-state index contributed by atoms with van der Waals surface area (Å²) in [6.07, 6.45) is 9.24. The average Bonchev–Trinajstić information content (AvgIpc) is 3.69. The van der Waals surface area contributed by atoms with Gasteiger partial charge >= 0.3 is 0 Å². The number of rotatable bonds is 10. The molecule has 3 fully saturated rings. The summed E-state index contributed by atoms with van der Waals surface area (Å²) >= 11 is 0. The van der Waals surface area contributed by atoms with Crippen LogP contribution in [0.3, 0.4) is 0 Å². The van der Waals surface area contributed by atoms with Crippen molar-refractivity contribution in [3.8, 4) is 5.75 Å². The van der Waals surface area contributed by atoms with Crippen molar-refractivity contribution in [2.75, 3.05) is 19.6 Å². The van der Waals surface area contributed by atoms with Crippen LogP contribution in [-0.4, -0.2) is 52.8 Å². The smallest absolute Gasteiger partial charge is 0.220 e. The van der Waals surface area contributed by atoms with Crippen molar-refractivity contribution in [3.63, 3.8) is 0 Å². The number of fused-ring (bicyclic) bond motifs is 1. The van der Waals surface area contributed by atoms with Crippen molar-refractivity contribution in [1.82, 2.24) is 10.2 Å². The molecule has 2 aromatic rings. The van der Waals surface area contributed by atoms with Crippen molar-refractivity contribution in [3.05, 3.63) is 65.7 Å². The third kappa shape index (κ3) is 6.12. The first-order valence-corrected chi connectivity index (χ1v) is 14.0. The molecule has 194 valence electrons. The molecular weight excluding hydrogens is 448 g/mol. The number of amides is 1. The van der Waals surface area contributed by atoms with Crippen molar-refractivity contribution in [1.29, 1.82) is 0 Å². The fourth-order valence-corrected chi connectivity index (χ4v) is 6.78. The van der Waals surface area contributed by atoms with Crippen LogP contribution in [0, 0.1) is 11.8 Å². The quantitative estimate of drug-likeness (QED) is 0.418. The fraction of sp³-hybridized carbons (Fsp3) is 0.581. The molecule has 0 bridgehead atoms. The summed E-state index contributed by atoms with van der Waals surface area (Å²) in [5, 5.41) is 24.9. The van der Waals surface area contributed by atoms with Gasteiger partial charge in [-0.1, -0.05) is 48.9 Å². The number of hydrogen-bond acceptors (Lipinski definition) is 4. The number of hydrogen-bond donors (Lipinski definition) is 3. The lowest BCUT2D eigenvalue weighted by atomic mass is 9.57. The highest BCUT2D eigenvalue weighted by Crippen LogP contribution is 2.50. The summed E-state index contributed by atoms with van der Waals surface area (Å²) in [6, 6.07) is 18.1. The standard InChI is InChI=1S/C31H42N2O3/c34-27-12-7-11-25(18-27)31-16-17-33(21-24-14-15-24)22-28(31)29(35)19-26(20-31)32-30(36)13-6-2-5-10-23-8-3-1-4-9-23/h1,3-4,7-9,11-12,18,24,26,28-29,34-35H,2,5-6,10,13-17,19-22H2,(H,32,36). The van der Waals surface area contributed by atoms with Crippen LogP contribution in [-0.2, 0) is 16.6 Å². The van der Waals surface area contributed by atoms with Crippen LogP contribution < -0.4 is 5.32 Å². The second-order valence-electron chi connectivity index (χ2n) is 11.6. The molecule has 3 N–H and O–H groups in total. The molecule has 36 heavy (non-hydrogen) atoms. The summed E-state index contributed by atoms with van der Waals surface area (Å²) < 4.78 is 0. The molecule has 5 rings (SSSR count). The molecular formula is C31H42N2O3. The van der Waals surface area contributed by atoms with Crippen LogP contribution >= 0.6 is 0 Å². The van der Waals surface area contributed by atoms with Crippen LogP contribution in [0.1, 0.15) is 68.9 Å². The Morgan fingerprint density at radius 1 is 1.06 bits per heavy atom. The predicted octanol–water partition coefficient (Wildman–Crippen LogP) is 4.80. The van der Waals surface area contributed by atoms with E-state index in [1.54, 1.807) is 6.07 Å². The Morgan fingerprint density at radius 2 is 1.89 bits per heavy atom. The molecule has 1 heterocycles. The normalized spacial score (nSPS) is 28.4. The maximum absolute atomic E-state index is 12.8. The van der Waals surface area contributed by atoms with Gasteiger partial charge in [-0.2, -0.15) is 0 Å². The summed E-state index contributed by atoms with van der Waals surface area (Å²) in [7, 11) is 0. The number of benzene rings is 2. The number of aliphatic hydroxyl groups is 1. The third-order valence-corrected chi connectivity index (χ3v) is 8.85. The van der Waals surface area contributed by atoms with Gasteiger partial charge in [-0.15, -0.1) is 0 Å². The Labute approximate surface area is 215 Å². The number of aromatic hydroxyl groups is 1. The number of nitrogens with one attached hydrogen (secondary N) is 1. The number of carbonyl (C=O) groups is 1. The number of piperidine rings is 1. The highest BCUT2D eigenvalue weighted by molar-refractivity contribution is 5.76. The van der Waals surface area contributed by atoms with Crippen LogP contribution in [0.25, 0.3) is 0 Å². The zero-order valence-corrected chi connectivity index (χ0v) is 21.4. The zero-order chi connectivity index (χ0) is 25.0. The SMILES string of the molecule is O=C(CCCCCc1ccccc1)NC1CC(O)C2CN(CC3CC3)CCC2(c2cccc(O)c2)C1. The molecule has 5 nitrogen and oxygen atoms in total. The first-order valence-electron chi connectivity index (χ1n) is 14.0. The van der Waals surface area contributed by atoms with E-state index in [9.17, 15) is 15.0 Å². The molecule has 0 spiro atoms. The highest BCUT2D eigenvalue weighted by atomic mass is 16.3. The van der Waals surface area contributed by atoms with Gasteiger partial charge in [0.25, 0.3) is 0 Å². The minimum absolute atomic E-state index is 0.0367.